The van der Waals surface area contributed by atoms with Crippen LogP contribution in [0.3, 0.4) is 0 Å². The minimum atomic E-state index is -3.87. The molecule has 1 atom stereocenters. The van der Waals surface area contributed by atoms with Crippen molar-refractivity contribution in [3.8, 4) is 0 Å². The number of aryl methyl sites for hydroxylation is 2. The molecule has 2 rings (SSSR count). The Morgan fingerprint density at radius 1 is 1.26 bits per heavy atom. The van der Waals surface area contributed by atoms with Crippen LogP contribution < -0.4 is 10.0 Å². The highest BCUT2D eigenvalue weighted by atomic mass is 32.2. The van der Waals surface area contributed by atoms with Gasteiger partial charge in [-0.2, -0.15) is 4.72 Å². The maximum Gasteiger partial charge on any atom is 0.246 e. The van der Waals surface area contributed by atoms with Gasteiger partial charge < -0.3 is 9.84 Å². The van der Waals surface area contributed by atoms with Gasteiger partial charge in [-0.15, -0.1) is 0 Å². The molecular weight excluding hydrogens is 318 g/mol. The van der Waals surface area contributed by atoms with Crippen molar-refractivity contribution in [3.05, 3.63) is 47.3 Å². The fourth-order valence-corrected chi connectivity index (χ4v) is 3.67. The summed E-state index contributed by atoms with van der Waals surface area (Å²) in [5.41, 5.74) is 1.19. The monoisotopic (exact) mass is 337 g/mol. The highest BCUT2D eigenvalue weighted by Gasteiger charge is 2.27. The zero-order valence-electron chi connectivity index (χ0n) is 13.2. The van der Waals surface area contributed by atoms with Crippen LogP contribution in [0.15, 0.2) is 39.8 Å². The summed E-state index contributed by atoms with van der Waals surface area (Å²) in [6.07, 6.45) is 0. The molecule has 0 aliphatic rings. The maximum atomic E-state index is 12.3. The zero-order chi connectivity index (χ0) is 17.0. The predicted molar refractivity (Wildman–Crippen MR) is 84.0 cm³/mol. The summed E-state index contributed by atoms with van der Waals surface area (Å²) < 4.78 is 31.9. The van der Waals surface area contributed by atoms with E-state index in [2.05, 4.69) is 15.2 Å². The predicted octanol–water partition coefficient (Wildman–Crippen LogP) is 1.27. The summed E-state index contributed by atoms with van der Waals surface area (Å²) in [7, 11) is -3.87. The average molecular weight is 337 g/mol. The number of sulfonamides is 1. The molecule has 0 unspecified atom stereocenters. The number of carbonyl (C=O) groups excluding carboxylic acids is 1. The van der Waals surface area contributed by atoms with Crippen molar-refractivity contribution < 1.29 is 17.7 Å². The molecule has 124 valence electrons. The highest BCUT2D eigenvalue weighted by molar-refractivity contribution is 7.89. The lowest BCUT2D eigenvalue weighted by atomic mass is 10.2. The smallest absolute Gasteiger partial charge is 0.246 e. The van der Waals surface area contributed by atoms with E-state index in [-0.39, 0.29) is 16.3 Å². The summed E-state index contributed by atoms with van der Waals surface area (Å²) >= 11 is 0. The van der Waals surface area contributed by atoms with Crippen molar-refractivity contribution in [3.63, 3.8) is 0 Å². The topological polar surface area (TPSA) is 101 Å². The summed E-state index contributed by atoms with van der Waals surface area (Å²) in [6.45, 7) is 4.85. The van der Waals surface area contributed by atoms with Crippen LogP contribution in [-0.4, -0.2) is 25.5 Å². The molecule has 2 aromatic rings. The number of nitrogens with one attached hydrogen (secondary N) is 2. The van der Waals surface area contributed by atoms with Crippen molar-refractivity contribution in [1.29, 1.82) is 0 Å². The highest BCUT2D eigenvalue weighted by Crippen LogP contribution is 2.18. The van der Waals surface area contributed by atoms with Crippen molar-refractivity contribution >= 4 is 15.9 Å². The number of benzene rings is 1. The first-order chi connectivity index (χ1) is 10.8. The molecule has 2 N–H and O–H groups in total. The van der Waals surface area contributed by atoms with Gasteiger partial charge in [0.1, 0.15) is 10.6 Å². The van der Waals surface area contributed by atoms with Gasteiger partial charge in [0.2, 0.25) is 15.9 Å². The van der Waals surface area contributed by atoms with Gasteiger partial charge in [-0.1, -0.05) is 35.5 Å². The fourth-order valence-electron chi connectivity index (χ4n) is 2.14. The van der Waals surface area contributed by atoms with Crippen LogP contribution in [0.1, 0.15) is 23.9 Å². The van der Waals surface area contributed by atoms with E-state index in [1.54, 1.807) is 0 Å². The largest absolute Gasteiger partial charge is 0.360 e. The quantitative estimate of drug-likeness (QED) is 0.827. The lowest BCUT2D eigenvalue weighted by molar-refractivity contribution is -0.122. The van der Waals surface area contributed by atoms with Crippen molar-refractivity contribution in [1.82, 2.24) is 15.2 Å². The van der Waals surface area contributed by atoms with Crippen molar-refractivity contribution in [2.24, 2.45) is 0 Å². The summed E-state index contributed by atoms with van der Waals surface area (Å²) in [5.74, 6) is -0.226. The molecule has 1 aromatic carbocycles. The Balaban J connectivity index is 2.00. The molecule has 8 heteroatoms. The third-order valence-corrected chi connectivity index (χ3v) is 5.06. The van der Waals surface area contributed by atoms with E-state index < -0.39 is 22.0 Å². The molecule has 1 aromatic heterocycles. The first-order valence-electron chi connectivity index (χ1n) is 7.08. The van der Waals surface area contributed by atoms with Gasteiger partial charge in [0.25, 0.3) is 0 Å². The van der Waals surface area contributed by atoms with Gasteiger partial charge in [0, 0.05) is 6.54 Å². The number of aromatic nitrogens is 1. The molecule has 0 radical (unpaired) electrons. The van der Waals surface area contributed by atoms with E-state index in [1.165, 1.54) is 20.8 Å². The summed E-state index contributed by atoms with van der Waals surface area (Å²) in [5, 5.41) is 6.31. The van der Waals surface area contributed by atoms with E-state index >= 15 is 0 Å². The molecule has 1 heterocycles. The van der Waals surface area contributed by atoms with Gasteiger partial charge in [-0.3, -0.25) is 4.79 Å². The first kappa shape index (κ1) is 17.2. The molecule has 7 nitrogen and oxygen atoms in total. The third kappa shape index (κ3) is 4.17. The van der Waals surface area contributed by atoms with Crippen molar-refractivity contribution in [2.45, 2.75) is 38.3 Å². The molecule has 0 aliphatic carbocycles. The molecule has 0 aliphatic heterocycles. The Morgan fingerprint density at radius 3 is 2.48 bits per heavy atom. The van der Waals surface area contributed by atoms with Gasteiger partial charge in [0.05, 0.1) is 6.04 Å². The van der Waals surface area contributed by atoms with Crippen LogP contribution in [0.5, 0.6) is 0 Å². The Labute approximate surface area is 135 Å². The van der Waals surface area contributed by atoms with E-state index in [9.17, 15) is 13.2 Å². The Hall–Kier alpha value is -2.19. The number of carbonyl (C=O) groups is 1. The van der Waals surface area contributed by atoms with Gasteiger partial charge in [0.15, 0.2) is 5.76 Å². The van der Waals surface area contributed by atoms with Gasteiger partial charge in [-0.05, 0) is 26.3 Å². The summed E-state index contributed by atoms with van der Waals surface area (Å²) in [6, 6.07) is 8.44. The van der Waals surface area contributed by atoms with Crippen LogP contribution in [0.25, 0.3) is 0 Å². The Morgan fingerprint density at radius 2 is 1.91 bits per heavy atom. The fraction of sp³-hybridized carbons (Fsp3) is 0.333. The Kier molecular flexibility index (Phi) is 5.17. The number of hydrogen-bond donors (Lipinski definition) is 2. The SMILES string of the molecule is Cc1noc(C)c1S(=O)(=O)N[C@@H](C)C(=O)NCc1ccccc1. The molecule has 0 saturated heterocycles. The van der Waals surface area contributed by atoms with Crippen LogP contribution in [0.4, 0.5) is 0 Å². The zero-order valence-corrected chi connectivity index (χ0v) is 14.0. The molecule has 0 bridgehead atoms. The second-order valence-corrected chi connectivity index (χ2v) is 6.85. The molecule has 1 amide bonds. The molecular formula is C15H19N3O4S. The van der Waals surface area contributed by atoms with Crippen LogP contribution in [0, 0.1) is 13.8 Å². The minimum absolute atomic E-state index is 0.0276. The van der Waals surface area contributed by atoms with Crippen molar-refractivity contribution in [2.75, 3.05) is 0 Å². The van der Waals surface area contributed by atoms with Gasteiger partial charge in [-0.25, -0.2) is 8.42 Å². The lowest BCUT2D eigenvalue weighted by Crippen LogP contribution is -2.44. The molecule has 23 heavy (non-hydrogen) atoms. The molecule has 0 fully saturated rings. The van der Waals surface area contributed by atoms with E-state index in [0.29, 0.717) is 6.54 Å². The standard InChI is InChI=1S/C15H19N3O4S/c1-10-14(12(3)22-17-10)23(20,21)18-11(2)15(19)16-9-13-7-5-4-6-8-13/h4-8,11,18H,9H2,1-3H3,(H,16,19)/t11-/m0/s1. The average Bonchev–Trinajstić information content (AvgIpc) is 2.85. The number of amides is 1. The summed E-state index contributed by atoms with van der Waals surface area (Å²) in [4.78, 5) is 12.0. The van der Waals surface area contributed by atoms with Gasteiger partial charge >= 0.3 is 0 Å². The number of nitrogens with zero attached hydrogens (tertiary/aromatic N) is 1. The van der Waals surface area contributed by atoms with Crippen LogP contribution in [0.2, 0.25) is 0 Å². The Bertz CT molecular complexity index is 765. The van der Waals surface area contributed by atoms with E-state index in [1.807, 2.05) is 30.3 Å². The van der Waals surface area contributed by atoms with Crippen LogP contribution in [-0.2, 0) is 21.4 Å². The normalized spacial score (nSPS) is 12.8. The second-order valence-electron chi connectivity index (χ2n) is 5.20. The molecule has 0 spiro atoms. The number of rotatable bonds is 6. The lowest BCUT2D eigenvalue weighted by Gasteiger charge is -2.14. The second kappa shape index (κ2) is 6.93. The first-order valence-corrected chi connectivity index (χ1v) is 8.56. The minimum Gasteiger partial charge on any atom is -0.360 e. The third-order valence-electron chi connectivity index (χ3n) is 3.27. The maximum absolute atomic E-state index is 12.3. The van der Waals surface area contributed by atoms with E-state index in [0.717, 1.165) is 5.56 Å². The van der Waals surface area contributed by atoms with E-state index in [4.69, 9.17) is 4.52 Å². The van der Waals surface area contributed by atoms with Crippen LogP contribution >= 0.6 is 0 Å². The number of hydrogen-bond acceptors (Lipinski definition) is 5. The molecule has 0 saturated carbocycles.